The van der Waals surface area contributed by atoms with Gasteiger partial charge in [-0.1, -0.05) is 29.8 Å². The zero-order valence-electron chi connectivity index (χ0n) is 11.2. The van der Waals surface area contributed by atoms with Crippen molar-refractivity contribution in [2.75, 3.05) is 11.1 Å². The molecular formula is C15H17N3OS. The van der Waals surface area contributed by atoms with E-state index in [4.69, 9.17) is 4.52 Å². The molecule has 2 atom stereocenters. The maximum absolute atomic E-state index is 5.50. The summed E-state index contributed by atoms with van der Waals surface area (Å²) >= 11 is 1.95. The molecule has 20 heavy (non-hydrogen) atoms. The minimum Gasteiger partial charge on any atom is -0.373 e. The Kier molecular flexibility index (Phi) is 3.14. The summed E-state index contributed by atoms with van der Waals surface area (Å²) in [6.45, 7) is 0. The fourth-order valence-electron chi connectivity index (χ4n) is 2.91. The average molecular weight is 287 g/mol. The van der Waals surface area contributed by atoms with Crippen LogP contribution in [0.1, 0.15) is 47.8 Å². The van der Waals surface area contributed by atoms with E-state index in [1.807, 2.05) is 17.8 Å². The molecule has 2 aromatic rings. The Labute approximate surface area is 122 Å². The summed E-state index contributed by atoms with van der Waals surface area (Å²) < 4.78 is 5.50. The molecule has 0 saturated carbocycles. The first-order valence-electron chi connectivity index (χ1n) is 7.20. The maximum Gasteiger partial charge on any atom is 0.249 e. The molecule has 5 heteroatoms. The quantitative estimate of drug-likeness (QED) is 0.912. The molecule has 0 bridgehead atoms. The van der Waals surface area contributed by atoms with E-state index in [2.05, 4.69) is 33.7 Å². The summed E-state index contributed by atoms with van der Waals surface area (Å²) in [4.78, 5) is 4.64. The van der Waals surface area contributed by atoms with E-state index >= 15 is 0 Å². The van der Waals surface area contributed by atoms with E-state index in [1.165, 1.54) is 36.3 Å². The molecule has 2 aliphatic rings. The van der Waals surface area contributed by atoms with Gasteiger partial charge in [0.2, 0.25) is 5.89 Å². The summed E-state index contributed by atoms with van der Waals surface area (Å²) in [5.41, 5.74) is 2.51. The lowest BCUT2D eigenvalue weighted by Crippen LogP contribution is -2.07. The Balaban J connectivity index is 1.52. The van der Waals surface area contributed by atoms with Crippen LogP contribution in [0.15, 0.2) is 28.8 Å². The zero-order chi connectivity index (χ0) is 13.4. The Bertz CT molecular complexity index is 582. The molecule has 4 nitrogen and oxygen atoms in total. The SMILES string of the molecule is c1ccc2c(c1)CC(c1nc(C3CCCCS3)no1)N2. The fraction of sp³-hybridized carbons (Fsp3) is 0.467. The van der Waals surface area contributed by atoms with Crippen LogP contribution in [0.2, 0.25) is 0 Å². The second-order valence-corrected chi connectivity index (χ2v) is 6.71. The van der Waals surface area contributed by atoms with Gasteiger partial charge in [-0.2, -0.15) is 16.7 Å². The zero-order valence-corrected chi connectivity index (χ0v) is 12.0. The van der Waals surface area contributed by atoms with E-state index in [0.717, 1.165) is 18.1 Å². The van der Waals surface area contributed by atoms with Gasteiger partial charge in [0, 0.05) is 12.1 Å². The lowest BCUT2D eigenvalue weighted by Gasteiger charge is -2.17. The average Bonchev–Trinajstić information content (AvgIpc) is 3.14. The van der Waals surface area contributed by atoms with E-state index in [-0.39, 0.29) is 6.04 Å². The number of nitrogens with zero attached hydrogens (tertiary/aromatic N) is 2. The number of rotatable bonds is 2. The highest BCUT2D eigenvalue weighted by Gasteiger charge is 2.28. The van der Waals surface area contributed by atoms with Crippen molar-refractivity contribution in [3.63, 3.8) is 0 Å². The number of nitrogens with one attached hydrogen (secondary N) is 1. The van der Waals surface area contributed by atoms with Gasteiger partial charge in [-0.25, -0.2) is 0 Å². The highest BCUT2D eigenvalue weighted by Crippen LogP contribution is 2.38. The van der Waals surface area contributed by atoms with E-state index in [9.17, 15) is 0 Å². The van der Waals surface area contributed by atoms with Crippen LogP contribution in [-0.4, -0.2) is 15.9 Å². The molecule has 104 valence electrons. The van der Waals surface area contributed by atoms with Crippen LogP contribution in [0.4, 0.5) is 5.69 Å². The summed E-state index contributed by atoms with van der Waals surface area (Å²) in [5, 5.41) is 8.09. The van der Waals surface area contributed by atoms with Gasteiger partial charge in [0.1, 0.15) is 6.04 Å². The molecule has 1 aromatic carbocycles. The molecule has 1 fully saturated rings. The molecular weight excluding hydrogens is 270 g/mol. The molecule has 1 N–H and O–H groups in total. The molecule has 3 heterocycles. The van der Waals surface area contributed by atoms with Crippen molar-refractivity contribution < 1.29 is 4.52 Å². The summed E-state index contributed by atoms with van der Waals surface area (Å²) in [7, 11) is 0. The van der Waals surface area contributed by atoms with Crippen molar-refractivity contribution in [2.24, 2.45) is 0 Å². The molecule has 0 radical (unpaired) electrons. The Hall–Kier alpha value is -1.49. The minimum atomic E-state index is 0.127. The molecule has 4 rings (SSSR count). The second-order valence-electron chi connectivity index (χ2n) is 5.40. The standard InChI is InChI=1S/C15H17N3OS/c1-2-6-11-10(5-1)9-12(16-11)15-17-14(18-19-15)13-7-3-4-8-20-13/h1-2,5-6,12-13,16H,3-4,7-9H2. The van der Waals surface area contributed by atoms with E-state index in [0.29, 0.717) is 5.25 Å². The Morgan fingerprint density at radius 1 is 1.25 bits per heavy atom. The van der Waals surface area contributed by atoms with Crippen LogP contribution < -0.4 is 5.32 Å². The van der Waals surface area contributed by atoms with Crippen molar-refractivity contribution in [3.05, 3.63) is 41.5 Å². The van der Waals surface area contributed by atoms with Crippen LogP contribution in [0.3, 0.4) is 0 Å². The van der Waals surface area contributed by atoms with Gasteiger partial charge in [0.15, 0.2) is 5.82 Å². The highest BCUT2D eigenvalue weighted by molar-refractivity contribution is 7.99. The predicted molar refractivity (Wildman–Crippen MR) is 79.9 cm³/mol. The van der Waals surface area contributed by atoms with Crippen LogP contribution in [0, 0.1) is 0 Å². The van der Waals surface area contributed by atoms with Gasteiger partial charge in [0.25, 0.3) is 0 Å². The first kappa shape index (κ1) is 12.3. The molecule has 0 aliphatic carbocycles. The van der Waals surface area contributed by atoms with Gasteiger partial charge >= 0.3 is 0 Å². The number of benzene rings is 1. The van der Waals surface area contributed by atoms with Crippen molar-refractivity contribution in [1.29, 1.82) is 0 Å². The number of thioether (sulfide) groups is 1. The lowest BCUT2D eigenvalue weighted by atomic mass is 10.1. The third-order valence-corrected chi connectivity index (χ3v) is 5.37. The summed E-state index contributed by atoms with van der Waals surface area (Å²) in [5.74, 6) is 2.81. The number of hydrogen-bond acceptors (Lipinski definition) is 5. The van der Waals surface area contributed by atoms with Gasteiger partial charge in [-0.3, -0.25) is 0 Å². The number of hydrogen-bond donors (Lipinski definition) is 1. The Morgan fingerprint density at radius 3 is 3.05 bits per heavy atom. The maximum atomic E-state index is 5.50. The smallest absolute Gasteiger partial charge is 0.249 e. The molecule has 0 amide bonds. The first-order valence-corrected chi connectivity index (χ1v) is 8.24. The van der Waals surface area contributed by atoms with E-state index in [1.54, 1.807) is 0 Å². The number of fused-ring (bicyclic) bond motifs is 1. The van der Waals surface area contributed by atoms with Gasteiger partial charge in [-0.05, 0) is 30.2 Å². The topological polar surface area (TPSA) is 51.0 Å². The molecule has 1 saturated heterocycles. The van der Waals surface area contributed by atoms with Crippen LogP contribution in [0.25, 0.3) is 0 Å². The first-order chi connectivity index (χ1) is 9.90. The van der Waals surface area contributed by atoms with Gasteiger partial charge < -0.3 is 9.84 Å². The summed E-state index contributed by atoms with van der Waals surface area (Å²) in [6.07, 6.45) is 4.68. The van der Waals surface area contributed by atoms with Crippen molar-refractivity contribution >= 4 is 17.4 Å². The predicted octanol–water partition coefficient (Wildman–Crippen LogP) is 3.74. The van der Waals surface area contributed by atoms with Crippen LogP contribution in [-0.2, 0) is 6.42 Å². The molecule has 1 aromatic heterocycles. The van der Waals surface area contributed by atoms with Crippen molar-refractivity contribution in [1.82, 2.24) is 10.1 Å². The largest absolute Gasteiger partial charge is 0.373 e. The van der Waals surface area contributed by atoms with Gasteiger partial charge in [0.05, 0.1) is 5.25 Å². The van der Waals surface area contributed by atoms with Gasteiger partial charge in [-0.15, -0.1) is 0 Å². The fourth-order valence-corrected chi connectivity index (χ4v) is 4.14. The third-order valence-electron chi connectivity index (χ3n) is 3.99. The monoisotopic (exact) mass is 287 g/mol. The van der Waals surface area contributed by atoms with E-state index < -0.39 is 0 Å². The Morgan fingerprint density at radius 2 is 2.20 bits per heavy atom. The van der Waals surface area contributed by atoms with Crippen molar-refractivity contribution in [2.45, 2.75) is 37.0 Å². The third kappa shape index (κ3) is 2.20. The van der Waals surface area contributed by atoms with Crippen LogP contribution >= 0.6 is 11.8 Å². The van der Waals surface area contributed by atoms with Crippen molar-refractivity contribution in [3.8, 4) is 0 Å². The normalized spacial score (nSPS) is 25.2. The highest BCUT2D eigenvalue weighted by atomic mass is 32.2. The molecule has 2 unspecified atom stereocenters. The summed E-state index contributed by atoms with van der Waals surface area (Å²) in [6, 6.07) is 8.50. The molecule has 0 spiro atoms. The number of anilines is 1. The lowest BCUT2D eigenvalue weighted by molar-refractivity contribution is 0.358. The molecule has 2 aliphatic heterocycles. The minimum absolute atomic E-state index is 0.127. The second kappa shape index (κ2) is 5.13. The van der Waals surface area contributed by atoms with Crippen LogP contribution in [0.5, 0.6) is 0 Å². The number of aromatic nitrogens is 2. The number of para-hydroxylation sites is 1.